The van der Waals surface area contributed by atoms with E-state index >= 15 is 4.39 Å². The zero-order valence-electron chi connectivity index (χ0n) is 19.8. The van der Waals surface area contributed by atoms with E-state index in [1.165, 1.54) is 6.08 Å². The summed E-state index contributed by atoms with van der Waals surface area (Å²) in [5.74, 6) is -1.98. The first-order valence-electron chi connectivity index (χ1n) is 11.5. The number of carbonyl (C=O) groups excluding carboxylic acids is 1. The lowest BCUT2D eigenvalue weighted by molar-refractivity contribution is 0.0596. The van der Waals surface area contributed by atoms with E-state index in [0.717, 1.165) is 50.9 Å². The molecule has 0 spiro atoms. The standard InChI is InChI=1S/C25H28F2N2O5S/c1-4-29(5-2)10-6-7-15-11-17(26)8-9-21(15)35(31,32)28-20-13-19(27)22-18-12-16(18)14-34-24(22)23(20)25(30)33-3/h6-9,11,13,16,18,28H,4-5,10,12,14H2,1-3H3. The smallest absolute Gasteiger partial charge is 0.343 e. The highest BCUT2D eigenvalue weighted by Crippen LogP contribution is 2.56. The van der Waals surface area contributed by atoms with Gasteiger partial charge in [0.25, 0.3) is 10.0 Å². The molecule has 1 fully saturated rings. The van der Waals surface area contributed by atoms with Crippen molar-refractivity contribution in [2.45, 2.75) is 31.1 Å². The number of anilines is 1. The van der Waals surface area contributed by atoms with Crippen molar-refractivity contribution in [3.05, 3.63) is 58.7 Å². The summed E-state index contributed by atoms with van der Waals surface area (Å²) in [6.07, 6.45) is 4.02. The average Bonchev–Trinajstić information content (AvgIpc) is 3.61. The Morgan fingerprint density at radius 3 is 2.69 bits per heavy atom. The van der Waals surface area contributed by atoms with Crippen molar-refractivity contribution < 1.29 is 31.5 Å². The summed E-state index contributed by atoms with van der Waals surface area (Å²) in [7, 11) is -3.19. The van der Waals surface area contributed by atoms with Gasteiger partial charge in [-0.1, -0.05) is 26.0 Å². The third-order valence-corrected chi connectivity index (χ3v) is 7.89. The predicted octanol–water partition coefficient (Wildman–Crippen LogP) is 4.40. The third kappa shape index (κ3) is 5.04. The summed E-state index contributed by atoms with van der Waals surface area (Å²) in [6, 6.07) is 4.25. The second-order valence-corrected chi connectivity index (χ2v) is 10.3. The summed E-state index contributed by atoms with van der Waals surface area (Å²) in [5, 5.41) is 0. The Kier molecular flexibility index (Phi) is 7.14. The van der Waals surface area contributed by atoms with Crippen molar-refractivity contribution in [2.24, 2.45) is 5.92 Å². The zero-order chi connectivity index (χ0) is 25.3. The Morgan fingerprint density at radius 1 is 1.26 bits per heavy atom. The number of rotatable bonds is 9. The Balaban J connectivity index is 1.73. The molecule has 0 aromatic heterocycles. The molecule has 1 heterocycles. The molecule has 4 rings (SSSR count). The summed E-state index contributed by atoms with van der Waals surface area (Å²) in [6.45, 7) is 6.49. The van der Waals surface area contributed by atoms with Gasteiger partial charge in [0.1, 0.15) is 22.9 Å². The van der Waals surface area contributed by atoms with Crippen LogP contribution in [0.3, 0.4) is 0 Å². The molecule has 1 aliphatic carbocycles. The van der Waals surface area contributed by atoms with E-state index in [4.69, 9.17) is 9.47 Å². The van der Waals surface area contributed by atoms with Crippen LogP contribution < -0.4 is 9.46 Å². The number of benzene rings is 2. The number of fused-ring (bicyclic) bond motifs is 3. The minimum Gasteiger partial charge on any atom is -0.492 e. The van der Waals surface area contributed by atoms with Gasteiger partial charge in [-0.25, -0.2) is 22.0 Å². The number of esters is 1. The molecular weight excluding hydrogens is 478 g/mol. The number of methoxy groups -OCH3 is 1. The summed E-state index contributed by atoms with van der Waals surface area (Å²) >= 11 is 0. The van der Waals surface area contributed by atoms with Crippen molar-refractivity contribution in [2.75, 3.05) is 38.1 Å². The van der Waals surface area contributed by atoms with Crippen LogP contribution in [-0.4, -0.2) is 52.6 Å². The lowest BCUT2D eigenvalue weighted by atomic mass is 9.99. The van der Waals surface area contributed by atoms with Gasteiger partial charge in [0.05, 0.1) is 24.3 Å². The normalized spacial score (nSPS) is 18.7. The molecule has 0 bridgehead atoms. The first-order chi connectivity index (χ1) is 16.7. The first-order valence-corrected chi connectivity index (χ1v) is 13.0. The number of nitrogens with one attached hydrogen (secondary N) is 1. The van der Waals surface area contributed by atoms with Crippen LogP contribution in [0.25, 0.3) is 6.08 Å². The molecular formula is C25H28F2N2O5S. The van der Waals surface area contributed by atoms with Gasteiger partial charge >= 0.3 is 5.97 Å². The van der Waals surface area contributed by atoms with E-state index < -0.39 is 27.6 Å². The molecule has 1 N–H and O–H groups in total. The number of sulfonamides is 1. The van der Waals surface area contributed by atoms with Gasteiger partial charge in [-0.2, -0.15) is 0 Å². The van der Waals surface area contributed by atoms with Crippen molar-refractivity contribution in [1.29, 1.82) is 0 Å². The number of hydrogen-bond acceptors (Lipinski definition) is 6. The fourth-order valence-corrected chi connectivity index (χ4v) is 5.65. The molecule has 35 heavy (non-hydrogen) atoms. The number of hydrogen-bond donors (Lipinski definition) is 1. The van der Waals surface area contributed by atoms with Crippen molar-refractivity contribution in [3.8, 4) is 5.75 Å². The molecule has 2 aromatic carbocycles. The molecule has 1 aliphatic heterocycles. The second-order valence-electron chi connectivity index (χ2n) is 8.60. The highest BCUT2D eigenvalue weighted by atomic mass is 32.2. The van der Waals surface area contributed by atoms with Crippen molar-refractivity contribution in [1.82, 2.24) is 4.90 Å². The zero-order valence-corrected chi connectivity index (χ0v) is 20.6. The van der Waals surface area contributed by atoms with Gasteiger partial charge < -0.3 is 14.4 Å². The molecule has 2 aliphatic rings. The van der Waals surface area contributed by atoms with Gasteiger partial charge in [-0.3, -0.25) is 4.72 Å². The molecule has 2 aromatic rings. The monoisotopic (exact) mass is 506 g/mol. The van der Waals surface area contributed by atoms with E-state index in [-0.39, 0.29) is 44.9 Å². The third-order valence-electron chi connectivity index (χ3n) is 6.46. The molecule has 0 saturated heterocycles. The van der Waals surface area contributed by atoms with Crippen LogP contribution in [0.15, 0.2) is 35.2 Å². The molecule has 0 amide bonds. The fourth-order valence-electron chi connectivity index (χ4n) is 4.40. The maximum absolute atomic E-state index is 15.0. The molecule has 10 heteroatoms. The van der Waals surface area contributed by atoms with Gasteiger partial charge in [0.15, 0.2) is 0 Å². The highest BCUT2D eigenvalue weighted by molar-refractivity contribution is 7.92. The molecule has 2 unspecified atom stereocenters. The maximum Gasteiger partial charge on any atom is 0.343 e. The minimum absolute atomic E-state index is 0.00625. The molecule has 188 valence electrons. The molecule has 7 nitrogen and oxygen atoms in total. The number of carbonyl (C=O) groups is 1. The van der Waals surface area contributed by atoms with E-state index in [2.05, 4.69) is 9.62 Å². The SMILES string of the molecule is CCN(CC)CC=Cc1cc(F)ccc1S(=O)(=O)Nc1cc(F)c2c(c1C(=O)OC)OCC1CC21. The van der Waals surface area contributed by atoms with Crippen LogP contribution in [0.2, 0.25) is 0 Å². The summed E-state index contributed by atoms with van der Waals surface area (Å²) in [5.41, 5.74) is -0.0839. The van der Waals surface area contributed by atoms with E-state index in [1.54, 1.807) is 6.08 Å². The lowest BCUT2D eigenvalue weighted by Crippen LogP contribution is -2.22. The topological polar surface area (TPSA) is 84.9 Å². The molecule has 0 radical (unpaired) electrons. The van der Waals surface area contributed by atoms with Crippen LogP contribution in [0.5, 0.6) is 5.75 Å². The van der Waals surface area contributed by atoms with Gasteiger partial charge in [-0.15, -0.1) is 0 Å². The van der Waals surface area contributed by atoms with Gasteiger partial charge in [-0.05, 0) is 55.3 Å². The maximum atomic E-state index is 15.0. The van der Waals surface area contributed by atoms with Crippen LogP contribution in [0.1, 0.15) is 47.7 Å². The number of ether oxygens (including phenoxy) is 2. The Morgan fingerprint density at radius 2 is 2.00 bits per heavy atom. The van der Waals surface area contributed by atoms with Crippen LogP contribution in [0.4, 0.5) is 14.5 Å². The minimum atomic E-state index is -4.34. The van der Waals surface area contributed by atoms with Gasteiger partial charge in [0.2, 0.25) is 0 Å². The average molecular weight is 507 g/mol. The van der Waals surface area contributed by atoms with Crippen LogP contribution >= 0.6 is 0 Å². The summed E-state index contributed by atoms with van der Waals surface area (Å²) < 4.78 is 68.6. The molecule has 1 saturated carbocycles. The van der Waals surface area contributed by atoms with E-state index in [9.17, 15) is 17.6 Å². The highest BCUT2D eigenvalue weighted by Gasteiger charge is 2.47. The largest absolute Gasteiger partial charge is 0.492 e. The molecule has 2 atom stereocenters. The number of likely N-dealkylation sites (N-methyl/N-ethyl adjacent to an activating group) is 1. The first kappa shape index (κ1) is 25.1. The second kappa shape index (κ2) is 9.94. The fraction of sp³-hybridized carbons (Fsp3) is 0.400. The van der Waals surface area contributed by atoms with Crippen LogP contribution in [-0.2, 0) is 14.8 Å². The predicted molar refractivity (Wildman–Crippen MR) is 128 cm³/mol. The van der Waals surface area contributed by atoms with E-state index in [0.29, 0.717) is 13.2 Å². The Bertz CT molecular complexity index is 1280. The quantitative estimate of drug-likeness (QED) is 0.508. The Labute approximate surface area is 203 Å². The summed E-state index contributed by atoms with van der Waals surface area (Å²) in [4.78, 5) is 14.5. The Hall–Kier alpha value is -2.98. The van der Waals surface area contributed by atoms with E-state index in [1.807, 2.05) is 13.8 Å². The lowest BCUT2D eigenvalue weighted by Gasteiger charge is -2.22. The van der Waals surface area contributed by atoms with Crippen molar-refractivity contribution in [3.63, 3.8) is 0 Å². The number of halogens is 2. The van der Waals surface area contributed by atoms with Gasteiger partial charge in [0, 0.05) is 18.0 Å². The van der Waals surface area contributed by atoms with Crippen LogP contribution in [0, 0.1) is 17.6 Å². The van der Waals surface area contributed by atoms with Crippen molar-refractivity contribution >= 4 is 27.8 Å². The number of nitrogens with zero attached hydrogens (tertiary/aromatic N) is 1.